The molecular weight excluding hydrogens is 384 g/mol. The lowest BCUT2D eigenvalue weighted by molar-refractivity contribution is 0.0789. The van der Waals surface area contributed by atoms with E-state index in [2.05, 4.69) is 11.6 Å². The van der Waals surface area contributed by atoms with Gasteiger partial charge in [0.15, 0.2) is 0 Å². The van der Waals surface area contributed by atoms with E-state index in [1.165, 1.54) is 12.1 Å². The number of rotatable bonds is 7. The van der Waals surface area contributed by atoms with E-state index in [0.717, 1.165) is 5.56 Å². The van der Waals surface area contributed by atoms with Crippen molar-refractivity contribution in [1.82, 2.24) is 4.90 Å². The third-order valence-corrected chi connectivity index (χ3v) is 6.10. The molecule has 6 heteroatoms. The molecule has 1 unspecified atom stereocenters. The highest BCUT2D eigenvalue weighted by Gasteiger charge is 2.21. The largest absolute Gasteiger partial charge is 0.341 e. The number of likely N-dealkylation sites (N-methyl/N-ethyl adjacent to an activating group) is 1. The minimum atomic E-state index is -3.78. The predicted molar refractivity (Wildman–Crippen MR) is 116 cm³/mol. The molecule has 3 aromatic carbocycles. The highest BCUT2D eigenvalue weighted by molar-refractivity contribution is 7.92. The molecule has 0 heterocycles. The van der Waals surface area contributed by atoms with E-state index in [4.69, 9.17) is 0 Å². The number of benzene rings is 3. The van der Waals surface area contributed by atoms with Crippen LogP contribution in [0.4, 0.5) is 5.69 Å². The lowest BCUT2D eigenvalue weighted by Gasteiger charge is -2.23. The van der Waals surface area contributed by atoms with Gasteiger partial charge in [0.2, 0.25) is 0 Å². The van der Waals surface area contributed by atoms with Gasteiger partial charge in [-0.3, -0.25) is 9.52 Å². The first-order valence-electron chi connectivity index (χ1n) is 9.36. The summed E-state index contributed by atoms with van der Waals surface area (Å²) in [4.78, 5) is 14.8. The van der Waals surface area contributed by atoms with E-state index in [1.807, 2.05) is 30.3 Å². The van der Waals surface area contributed by atoms with E-state index in [1.54, 1.807) is 54.4 Å². The zero-order valence-corrected chi connectivity index (χ0v) is 17.3. The van der Waals surface area contributed by atoms with Crippen LogP contribution >= 0.6 is 0 Å². The van der Waals surface area contributed by atoms with E-state index in [0.29, 0.717) is 12.1 Å². The molecule has 0 saturated carbocycles. The van der Waals surface area contributed by atoms with Crippen LogP contribution in [-0.4, -0.2) is 32.8 Å². The Balaban J connectivity index is 1.80. The lowest BCUT2D eigenvalue weighted by Crippen LogP contribution is -2.31. The van der Waals surface area contributed by atoms with Gasteiger partial charge in [0.05, 0.1) is 16.1 Å². The zero-order chi connectivity index (χ0) is 20.9. The van der Waals surface area contributed by atoms with Crippen LogP contribution in [0.1, 0.15) is 28.8 Å². The Morgan fingerprint density at radius 1 is 0.897 bits per heavy atom. The van der Waals surface area contributed by atoms with Gasteiger partial charge in [-0.2, -0.15) is 0 Å². The van der Waals surface area contributed by atoms with Crippen LogP contribution in [0, 0.1) is 0 Å². The molecule has 0 aliphatic heterocycles. The predicted octanol–water partition coefficient (Wildman–Crippen LogP) is 4.36. The molecule has 0 saturated heterocycles. The van der Waals surface area contributed by atoms with Gasteiger partial charge in [0.25, 0.3) is 15.9 Å². The van der Waals surface area contributed by atoms with Gasteiger partial charge in [-0.1, -0.05) is 67.6 Å². The number of carbonyl (C=O) groups is 1. The zero-order valence-electron chi connectivity index (χ0n) is 16.4. The topological polar surface area (TPSA) is 66.5 Å². The van der Waals surface area contributed by atoms with Gasteiger partial charge >= 0.3 is 0 Å². The summed E-state index contributed by atoms with van der Waals surface area (Å²) in [6.45, 7) is 2.58. The van der Waals surface area contributed by atoms with Gasteiger partial charge < -0.3 is 4.90 Å². The van der Waals surface area contributed by atoms with Crippen LogP contribution in [0.3, 0.4) is 0 Å². The molecule has 3 rings (SSSR count). The van der Waals surface area contributed by atoms with Crippen LogP contribution in [0.5, 0.6) is 0 Å². The van der Waals surface area contributed by atoms with Gasteiger partial charge in [-0.25, -0.2) is 8.42 Å². The number of nitrogens with one attached hydrogen (secondary N) is 1. The minimum absolute atomic E-state index is 0.147. The van der Waals surface area contributed by atoms with Gasteiger partial charge in [0.1, 0.15) is 0 Å². The summed E-state index contributed by atoms with van der Waals surface area (Å²) in [6, 6.07) is 24.7. The first-order valence-corrected chi connectivity index (χ1v) is 10.8. The average molecular weight is 409 g/mol. The van der Waals surface area contributed by atoms with E-state index >= 15 is 0 Å². The maximum Gasteiger partial charge on any atom is 0.261 e. The van der Waals surface area contributed by atoms with Crippen molar-refractivity contribution in [2.75, 3.05) is 18.3 Å². The SMILES string of the molecule is CC(CN(C)C(=O)c1ccccc1NS(=O)(=O)c1ccccc1)c1ccccc1. The average Bonchev–Trinajstić information content (AvgIpc) is 2.74. The Labute approximate surface area is 172 Å². The molecule has 29 heavy (non-hydrogen) atoms. The maximum absolute atomic E-state index is 13.0. The molecule has 3 aromatic rings. The summed E-state index contributed by atoms with van der Waals surface area (Å²) in [5, 5.41) is 0. The Hall–Kier alpha value is -3.12. The number of para-hydroxylation sites is 1. The number of hydrogen-bond acceptors (Lipinski definition) is 3. The molecule has 5 nitrogen and oxygen atoms in total. The van der Waals surface area contributed by atoms with Crippen LogP contribution in [0.15, 0.2) is 89.8 Å². The summed E-state index contributed by atoms with van der Waals surface area (Å²) in [5.41, 5.74) is 1.72. The number of sulfonamides is 1. The molecule has 1 amide bonds. The van der Waals surface area contributed by atoms with Crippen molar-refractivity contribution in [2.45, 2.75) is 17.7 Å². The standard InChI is InChI=1S/C23H24N2O3S/c1-18(19-11-5-3-6-12-19)17-25(2)23(26)21-15-9-10-16-22(21)24-29(27,28)20-13-7-4-8-14-20/h3-16,18,24H,17H2,1-2H3. The maximum atomic E-state index is 13.0. The lowest BCUT2D eigenvalue weighted by atomic mass is 10.0. The van der Waals surface area contributed by atoms with Crippen molar-refractivity contribution in [1.29, 1.82) is 0 Å². The van der Waals surface area contributed by atoms with Crippen LogP contribution in [-0.2, 0) is 10.0 Å². The van der Waals surface area contributed by atoms with Gasteiger partial charge in [-0.05, 0) is 35.7 Å². The normalized spacial score (nSPS) is 12.2. The van der Waals surface area contributed by atoms with Crippen molar-refractivity contribution in [3.8, 4) is 0 Å². The summed E-state index contributed by atoms with van der Waals surface area (Å²) in [5.74, 6) is -0.0857. The molecule has 0 aliphatic rings. The second-order valence-corrected chi connectivity index (χ2v) is 8.64. The molecule has 0 fully saturated rings. The molecule has 0 radical (unpaired) electrons. The molecular formula is C23H24N2O3S. The summed E-state index contributed by atoms with van der Waals surface area (Å²) < 4.78 is 27.9. The highest BCUT2D eigenvalue weighted by atomic mass is 32.2. The second-order valence-electron chi connectivity index (χ2n) is 6.96. The third kappa shape index (κ3) is 5.03. The van der Waals surface area contributed by atoms with Crippen LogP contribution in [0.25, 0.3) is 0 Å². The Morgan fingerprint density at radius 3 is 2.10 bits per heavy atom. The fourth-order valence-electron chi connectivity index (χ4n) is 3.15. The molecule has 150 valence electrons. The molecule has 0 aliphatic carbocycles. The second kappa shape index (κ2) is 8.92. The van der Waals surface area contributed by atoms with E-state index in [9.17, 15) is 13.2 Å². The Bertz CT molecular complexity index is 1070. The van der Waals surface area contributed by atoms with Crippen molar-refractivity contribution in [3.63, 3.8) is 0 Å². The summed E-state index contributed by atoms with van der Waals surface area (Å²) in [6.07, 6.45) is 0. The Morgan fingerprint density at radius 2 is 1.45 bits per heavy atom. The van der Waals surface area contributed by atoms with Gasteiger partial charge in [-0.15, -0.1) is 0 Å². The third-order valence-electron chi connectivity index (χ3n) is 4.72. The van der Waals surface area contributed by atoms with E-state index in [-0.39, 0.29) is 22.4 Å². The van der Waals surface area contributed by atoms with Crippen molar-refractivity contribution in [2.24, 2.45) is 0 Å². The smallest absolute Gasteiger partial charge is 0.261 e. The van der Waals surface area contributed by atoms with Gasteiger partial charge in [0, 0.05) is 13.6 Å². The van der Waals surface area contributed by atoms with Crippen molar-refractivity contribution < 1.29 is 13.2 Å². The number of amides is 1. The molecule has 0 aromatic heterocycles. The summed E-state index contributed by atoms with van der Waals surface area (Å²) in [7, 11) is -2.06. The fraction of sp³-hybridized carbons (Fsp3) is 0.174. The molecule has 0 bridgehead atoms. The number of nitrogens with zero attached hydrogens (tertiary/aromatic N) is 1. The fourth-order valence-corrected chi connectivity index (χ4v) is 4.25. The molecule has 0 spiro atoms. The Kier molecular flexibility index (Phi) is 6.34. The van der Waals surface area contributed by atoms with Crippen molar-refractivity contribution >= 4 is 21.6 Å². The van der Waals surface area contributed by atoms with Crippen molar-refractivity contribution in [3.05, 3.63) is 96.1 Å². The summed E-state index contributed by atoms with van der Waals surface area (Å²) >= 11 is 0. The number of hydrogen-bond donors (Lipinski definition) is 1. The molecule has 1 atom stereocenters. The quantitative estimate of drug-likeness (QED) is 0.632. The van der Waals surface area contributed by atoms with E-state index < -0.39 is 10.0 Å². The minimum Gasteiger partial charge on any atom is -0.341 e. The first-order chi connectivity index (χ1) is 13.9. The highest BCUT2D eigenvalue weighted by Crippen LogP contribution is 2.23. The number of anilines is 1. The van der Waals surface area contributed by atoms with Crippen LogP contribution < -0.4 is 4.72 Å². The van der Waals surface area contributed by atoms with Crippen LogP contribution in [0.2, 0.25) is 0 Å². The first kappa shape index (κ1) is 20.6. The monoisotopic (exact) mass is 408 g/mol. The molecule has 1 N–H and O–H groups in total. The number of carbonyl (C=O) groups excluding carboxylic acids is 1.